The number of sulfonamides is 1. The summed E-state index contributed by atoms with van der Waals surface area (Å²) < 4.78 is 28.3. The third kappa shape index (κ3) is 3.94. The van der Waals surface area contributed by atoms with E-state index in [0.717, 1.165) is 28.0 Å². The third-order valence-corrected chi connectivity index (χ3v) is 7.59. The van der Waals surface area contributed by atoms with E-state index in [4.69, 9.17) is 0 Å². The first-order chi connectivity index (χ1) is 11.9. The van der Waals surface area contributed by atoms with Crippen molar-refractivity contribution >= 4 is 27.3 Å². The molecule has 7 heteroatoms. The van der Waals surface area contributed by atoms with Crippen LogP contribution >= 0.6 is 11.3 Å². The lowest BCUT2D eigenvalue weighted by atomic mass is 10.1. The number of nitrogens with one attached hydrogen (secondary N) is 1. The van der Waals surface area contributed by atoms with Gasteiger partial charge in [0.2, 0.25) is 15.9 Å². The van der Waals surface area contributed by atoms with E-state index in [9.17, 15) is 13.2 Å². The summed E-state index contributed by atoms with van der Waals surface area (Å²) in [5, 5.41) is 0. The predicted octanol–water partition coefficient (Wildman–Crippen LogP) is 2.83. The van der Waals surface area contributed by atoms with Crippen LogP contribution in [0, 0.1) is 6.92 Å². The quantitative estimate of drug-likeness (QED) is 0.870. The molecular formula is C18H22N2O3S2. The fourth-order valence-corrected chi connectivity index (χ4v) is 5.52. The van der Waals surface area contributed by atoms with Crippen LogP contribution in [0.2, 0.25) is 0 Å². The fourth-order valence-electron chi connectivity index (χ4n) is 2.93. The molecule has 0 aliphatic carbocycles. The zero-order valence-corrected chi connectivity index (χ0v) is 16.0. The minimum absolute atomic E-state index is 0.110. The van der Waals surface area contributed by atoms with Crippen molar-refractivity contribution in [1.29, 1.82) is 0 Å². The molecule has 0 saturated carbocycles. The van der Waals surface area contributed by atoms with Gasteiger partial charge in [0.05, 0.1) is 0 Å². The van der Waals surface area contributed by atoms with Crippen LogP contribution in [0.5, 0.6) is 0 Å². The molecule has 2 aromatic rings. The molecule has 1 aliphatic rings. The summed E-state index contributed by atoms with van der Waals surface area (Å²) in [6.07, 6.45) is 1.20. The van der Waals surface area contributed by atoms with E-state index in [1.165, 1.54) is 11.3 Å². The third-order valence-electron chi connectivity index (χ3n) is 4.48. The van der Waals surface area contributed by atoms with Crippen molar-refractivity contribution in [3.05, 3.63) is 51.9 Å². The van der Waals surface area contributed by atoms with Gasteiger partial charge in [-0.1, -0.05) is 31.2 Å². The first-order valence-electron chi connectivity index (χ1n) is 8.34. The number of carbonyl (C=O) groups excluding carboxylic acids is 1. The molecule has 0 fully saturated rings. The number of hydrogen-bond donors (Lipinski definition) is 1. The first kappa shape index (κ1) is 18.1. The summed E-state index contributed by atoms with van der Waals surface area (Å²) in [6.45, 7) is 5.25. The second-order valence-corrected chi connectivity index (χ2v) is 9.31. The van der Waals surface area contributed by atoms with Crippen molar-refractivity contribution in [1.82, 2.24) is 9.62 Å². The van der Waals surface area contributed by atoms with Crippen molar-refractivity contribution in [2.75, 3.05) is 6.54 Å². The largest absolute Gasteiger partial charge is 0.338 e. The maximum Gasteiger partial charge on any atom is 0.250 e. The Morgan fingerprint density at radius 1 is 1.32 bits per heavy atom. The molecule has 0 spiro atoms. The summed E-state index contributed by atoms with van der Waals surface area (Å²) in [5.41, 5.74) is 2.98. The van der Waals surface area contributed by atoms with Crippen molar-refractivity contribution in [2.24, 2.45) is 0 Å². The topological polar surface area (TPSA) is 66.5 Å². The maximum absolute atomic E-state index is 12.6. The van der Waals surface area contributed by atoms with Crippen LogP contribution in [-0.4, -0.2) is 25.8 Å². The molecule has 3 rings (SSSR count). The highest BCUT2D eigenvalue weighted by atomic mass is 32.2. The number of benzene rings is 1. The van der Waals surface area contributed by atoms with E-state index in [2.05, 4.69) is 4.72 Å². The number of fused-ring (bicyclic) bond motifs is 1. The lowest BCUT2D eigenvalue weighted by molar-refractivity contribution is -0.131. The summed E-state index contributed by atoms with van der Waals surface area (Å²) >= 11 is 1.31. The summed E-state index contributed by atoms with van der Waals surface area (Å²) in [4.78, 5) is 14.7. The Kier molecular flexibility index (Phi) is 5.27. The highest BCUT2D eigenvalue weighted by Crippen LogP contribution is 2.31. The minimum Gasteiger partial charge on any atom is -0.338 e. The monoisotopic (exact) mass is 378 g/mol. The number of hydrogen-bond acceptors (Lipinski definition) is 4. The average molecular weight is 379 g/mol. The Morgan fingerprint density at radius 2 is 2.08 bits per heavy atom. The number of aryl methyl sites for hydroxylation is 1. The second-order valence-electron chi connectivity index (χ2n) is 6.18. The molecule has 1 aromatic carbocycles. The predicted molar refractivity (Wildman–Crippen MR) is 98.9 cm³/mol. The van der Waals surface area contributed by atoms with Crippen LogP contribution in [-0.2, 0) is 34.3 Å². The normalized spacial score (nSPS) is 14.4. The number of carbonyl (C=O) groups is 1. The van der Waals surface area contributed by atoms with Crippen molar-refractivity contribution in [3.63, 3.8) is 0 Å². The van der Waals surface area contributed by atoms with E-state index in [1.807, 2.05) is 38.1 Å². The molecule has 0 radical (unpaired) electrons. The molecule has 0 saturated heterocycles. The Balaban J connectivity index is 1.75. The van der Waals surface area contributed by atoms with Gasteiger partial charge in [0.15, 0.2) is 0 Å². The number of amides is 1. The van der Waals surface area contributed by atoms with Gasteiger partial charge in [0.1, 0.15) is 4.21 Å². The molecule has 0 bridgehead atoms. The molecule has 1 amide bonds. The van der Waals surface area contributed by atoms with Gasteiger partial charge < -0.3 is 4.90 Å². The van der Waals surface area contributed by atoms with Gasteiger partial charge in [-0.25, -0.2) is 13.1 Å². The minimum atomic E-state index is -3.55. The second kappa shape index (κ2) is 7.27. The van der Waals surface area contributed by atoms with Crippen LogP contribution in [0.1, 0.15) is 34.9 Å². The molecule has 134 valence electrons. The Morgan fingerprint density at radius 3 is 2.80 bits per heavy atom. The van der Waals surface area contributed by atoms with Gasteiger partial charge in [0, 0.05) is 30.9 Å². The van der Waals surface area contributed by atoms with Gasteiger partial charge in [-0.15, -0.1) is 11.3 Å². The summed E-state index contributed by atoms with van der Waals surface area (Å²) in [7, 11) is -3.55. The molecule has 5 nitrogen and oxygen atoms in total. The Bertz CT molecular complexity index is 887. The zero-order chi connectivity index (χ0) is 18.0. The highest BCUT2D eigenvalue weighted by molar-refractivity contribution is 7.91. The van der Waals surface area contributed by atoms with Gasteiger partial charge >= 0.3 is 0 Å². The summed E-state index contributed by atoms with van der Waals surface area (Å²) in [6, 6.07) is 9.44. The Hall–Kier alpha value is -1.70. The lowest BCUT2D eigenvalue weighted by Crippen LogP contribution is -2.34. The van der Waals surface area contributed by atoms with Crippen LogP contribution in [0.4, 0.5) is 0 Å². The fraction of sp³-hybridized carbons (Fsp3) is 0.389. The van der Waals surface area contributed by atoms with Gasteiger partial charge in [-0.05, 0) is 36.1 Å². The smallest absolute Gasteiger partial charge is 0.250 e. The van der Waals surface area contributed by atoms with E-state index < -0.39 is 10.0 Å². The highest BCUT2D eigenvalue weighted by Gasteiger charge is 2.25. The molecule has 1 aliphatic heterocycles. The maximum atomic E-state index is 12.6. The Labute approximate surface area is 152 Å². The molecule has 0 atom stereocenters. The molecule has 25 heavy (non-hydrogen) atoms. The average Bonchev–Trinajstić information content (AvgIpc) is 3.04. The van der Waals surface area contributed by atoms with E-state index in [0.29, 0.717) is 23.7 Å². The van der Waals surface area contributed by atoms with Gasteiger partial charge in [-0.2, -0.15) is 0 Å². The van der Waals surface area contributed by atoms with E-state index >= 15 is 0 Å². The molecular weight excluding hydrogens is 356 g/mol. The standard InChI is InChI=1S/C18H22N2O3S2/c1-3-17(21)20-9-8-16-15(12-20)10-18(24-16)25(22,23)19-11-14-7-5-4-6-13(14)2/h4-7,10,19H,3,8-9,11-12H2,1-2H3. The molecule has 1 N–H and O–H groups in total. The lowest BCUT2D eigenvalue weighted by Gasteiger charge is -2.26. The van der Waals surface area contributed by atoms with Crippen molar-refractivity contribution < 1.29 is 13.2 Å². The SMILES string of the molecule is CCC(=O)N1CCc2sc(S(=O)(=O)NCc3ccccc3C)cc2C1. The molecule has 1 aromatic heterocycles. The van der Waals surface area contributed by atoms with E-state index in [1.54, 1.807) is 11.0 Å². The van der Waals surface area contributed by atoms with Crippen LogP contribution in [0.3, 0.4) is 0 Å². The summed E-state index contributed by atoms with van der Waals surface area (Å²) in [5.74, 6) is 0.110. The van der Waals surface area contributed by atoms with E-state index in [-0.39, 0.29) is 12.5 Å². The zero-order valence-electron chi connectivity index (χ0n) is 14.4. The van der Waals surface area contributed by atoms with Crippen LogP contribution < -0.4 is 4.72 Å². The molecule has 2 heterocycles. The van der Waals surface area contributed by atoms with Crippen LogP contribution in [0.15, 0.2) is 34.5 Å². The molecule has 0 unspecified atom stereocenters. The number of nitrogens with zero attached hydrogens (tertiary/aromatic N) is 1. The van der Waals surface area contributed by atoms with Crippen LogP contribution in [0.25, 0.3) is 0 Å². The van der Waals surface area contributed by atoms with Crippen molar-refractivity contribution in [3.8, 4) is 0 Å². The van der Waals surface area contributed by atoms with Crippen molar-refractivity contribution in [2.45, 2.75) is 44.0 Å². The van der Waals surface area contributed by atoms with Gasteiger partial charge in [-0.3, -0.25) is 4.79 Å². The number of thiophene rings is 1. The number of rotatable bonds is 5. The first-order valence-corrected chi connectivity index (χ1v) is 10.6. The van der Waals surface area contributed by atoms with Gasteiger partial charge in [0.25, 0.3) is 0 Å².